The molecule has 0 aliphatic rings. The number of hydrogen-bond acceptors (Lipinski definition) is 5. The summed E-state index contributed by atoms with van der Waals surface area (Å²) < 4.78 is 5.09. The molecule has 1 aromatic heterocycles. The molecule has 0 saturated carbocycles. The first-order valence-electron chi connectivity index (χ1n) is 10.3. The highest BCUT2D eigenvalue weighted by Gasteiger charge is 2.16. The van der Waals surface area contributed by atoms with E-state index in [1.165, 1.54) is 13.2 Å². The summed E-state index contributed by atoms with van der Waals surface area (Å²) in [5.41, 5.74) is 7.22. The van der Waals surface area contributed by atoms with Crippen molar-refractivity contribution in [2.75, 3.05) is 12.4 Å². The van der Waals surface area contributed by atoms with Crippen LogP contribution in [0.3, 0.4) is 0 Å². The fourth-order valence-electron chi connectivity index (χ4n) is 3.17. The Morgan fingerprint density at radius 3 is 2.21 bits per heavy atom. The molecule has 4 N–H and O–H groups in total. The number of benzene rings is 3. The van der Waals surface area contributed by atoms with Crippen molar-refractivity contribution in [2.45, 2.75) is 0 Å². The van der Waals surface area contributed by atoms with Crippen LogP contribution in [-0.2, 0) is 0 Å². The van der Waals surface area contributed by atoms with Crippen LogP contribution in [0.25, 0.3) is 11.3 Å². The lowest BCUT2D eigenvalue weighted by Gasteiger charge is -2.12. The molecule has 4 rings (SSSR count). The van der Waals surface area contributed by atoms with Crippen molar-refractivity contribution in [1.82, 2.24) is 21.0 Å². The first-order chi connectivity index (χ1) is 16.5. The van der Waals surface area contributed by atoms with Gasteiger partial charge in [-0.1, -0.05) is 42.5 Å². The average Bonchev–Trinajstić information content (AvgIpc) is 3.38. The standard InChI is InChI=1S/C25H21N5O4/c1-34-18-13-11-17(12-14-18)23(31)26-20-10-6-5-9-19(20)24(32)29-30-25(33)22-15-21(27-28-22)16-7-3-2-4-8-16/h2-15H,1H3,(H,26,31)(H,27,28)(H,29,32)(H,30,33). The second kappa shape index (κ2) is 10.1. The quantitative estimate of drug-likeness (QED) is 0.332. The molecule has 0 atom stereocenters. The van der Waals surface area contributed by atoms with Crippen LogP contribution in [0.1, 0.15) is 31.2 Å². The smallest absolute Gasteiger partial charge is 0.287 e. The Hall–Kier alpha value is -4.92. The van der Waals surface area contributed by atoms with Crippen molar-refractivity contribution in [3.05, 3.63) is 102 Å². The number of aromatic nitrogens is 2. The summed E-state index contributed by atoms with van der Waals surface area (Å²) in [5.74, 6) is -0.928. The number of aromatic amines is 1. The molecule has 0 saturated heterocycles. The number of hydrazine groups is 1. The van der Waals surface area contributed by atoms with E-state index < -0.39 is 17.7 Å². The van der Waals surface area contributed by atoms with E-state index in [1.807, 2.05) is 30.3 Å². The number of nitrogens with zero attached hydrogens (tertiary/aromatic N) is 1. The number of H-pyrrole nitrogens is 1. The zero-order chi connectivity index (χ0) is 23.9. The van der Waals surface area contributed by atoms with Crippen molar-refractivity contribution in [1.29, 1.82) is 0 Å². The van der Waals surface area contributed by atoms with Crippen LogP contribution in [-0.4, -0.2) is 35.0 Å². The normalized spacial score (nSPS) is 10.3. The van der Waals surface area contributed by atoms with Gasteiger partial charge in [-0.05, 0) is 42.5 Å². The van der Waals surface area contributed by atoms with Gasteiger partial charge in [0.2, 0.25) is 0 Å². The van der Waals surface area contributed by atoms with Gasteiger partial charge in [-0.25, -0.2) is 0 Å². The van der Waals surface area contributed by atoms with E-state index in [4.69, 9.17) is 4.74 Å². The van der Waals surface area contributed by atoms with Gasteiger partial charge in [0.1, 0.15) is 11.4 Å². The van der Waals surface area contributed by atoms with E-state index in [-0.39, 0.29) is 11.3 Å². The molecule has 9 heteroatoms. The van der Waals surface area contributed by atoms with Gasteiger partial charge in [-0.3, -0.25) is 30.3 Å². The van der Waals surface area contributed by atoms with Crippen LogP contribution in [0.5, 0.6) is 5.75 Å². The number of rotatable bonds is 6. The van der Waals surface area contributed by atoms with Gasteiger partial charge in [-0.15, -0.1) is 0 Å². The molecule has 0 aliphatic carbocycles. The third kappa shape index (κ3) is 5.10. The molecular weight excluding hydrogens is 434 g/mol. The number of amides is 3. The Kier molecular flexibility index (Phi) is 6.64. The molecule has 34 heavy (non-hydrogen) atoms. The number of methoxy groups -OCH3 is 1. The Labute approximate surface area is 195 Å². The van der Waals surface area contributed by atoms with Crippen molar-refractivity contribution in [3.63, 3.8) is 0 Å². The zero-order valence-corrected chi connectivity index (χ0v) is 18.2. The van der Waals surface area contributed by atoms with Crippen LogP contribution in [0.4, 0.5) is 5.69 Å². The summed E-state index contributed by atoms with van der Waals surface area (Å²) in [7, 11) is 1.54. The molecule has 0 radical (unpaired) electrons. The molecule has 0 unspecified atom stereocenters. The van der Waals surface area contributed by atoms with Crippen LogP contribution in [0.15, 0.2) is 84.9 Å². The van der Waals surface area contributed by atoms with Gasteiger partial charge in [0, 0.05) is 11.1 Å². The first kappa shape index (κ1) is 22.3. The van der Waals surface area contributed by atoms with Crippen molar-refractivity contribution in [3.8, 4) is 17.0 Å². The predicted octanol–water partition coefficient (Wildman–Crippen LogP) is 3.41. The van der Waals surface area contributed by atoms with Crippen molar-refractivity contribution in [2.24, 2.45) is 0 Å². The lowest BCUT2D eigenvalue weighted by molar-refractivity contribution is 0.0844. The fraction of sp³-hybridized carbons (Fsp3) is 0.0400. The number of carbonyl (C=O) groups excluding carboxylic acids is 3. The maximum atomic E-state index is 12.7. The van der Waals surface area contributed by atoms with Gasteiger partial charge in [0.15, 0.2) is 0 Å². The molecule has 9 nitrogen and oxygen atoms in total. The van der Waals surface area contributed by atoms with Crippen LogP contribution >= 0.6 is 0 Å². The van der Waals surface area contributed by atoms with E-state index >= 15 is 0 Å². The monoisotopic (exact) mass is 455 g/mol. The lowest BCUT2D eigenvalue weighted by atomic mass is 10.1. The zero-order valence-electron chi connectivity index (χ0n) is 18.2. The molecule has 3 amide bonds. The number of para-hydroxylation sites is 1. The molecule has 3 aromatic carbocycles. The minimum Gasteiger partial charge on any atom is -0.497 e. The largest absolute Gasteiger partial charge is 0.497 e. The van der Waals surface area contributed by atoms with Gasteiger partial charge in [0.25, 0.3) is 17.7 Å². The maximum Gasteiger partial charge on any atom is 0.287 e. The van der Waals surface area contributed by atoms with Crippen LogP contribution in [0, 0.1) is 0 Å². The number of hydrogen-bond donors (Lipinski definition) is 4. The van der Waals surface area contributed by atoms with E-state index in [2.05, 4.69) is 26.4 Å². The summed E-state index contributed by atoms with van der Waals surface area (Å²) in [4.78, 5) is 37.8. The average molecular weight is 455 g/mol. The fourth-order valence-corrected chi connectivity index (χ4v) is 3.17. The highest BCUT2D eigenvalue weighted by Crippen LogP contribution is 2.18. The van der Waals surface area contributed by atoms with E-state index in [0.29, 0.717) is 22.7 Å². The highest BCUT2D eigenvalue weighted by atomic mass is 16.5. The van der Waals surface area contributed by atoms with Gasteiger partial charge in [0.05, 0.1) is 24.1 Å². The third-order valence-electron chi connectivity index (χ3n) is 4.95. The summed E-state index contributed by atoms with van der Waals surface area (Å²) in [5, 5.41) is 9.49. The maximum absolute atomic E-state index is 12.7. The number of nitrogens with one attached hydrogen (secondary N) is 4. The second-order valence-electron chi connectivity index (χ2n) is 7.17. The Morgan fingerprint density at radius 1 is 0.794 bits per heavy atom. The topological polar surface area (TPSA) is 125 Å². The summed E-state index contributed by atoms with van der Waals surface area (Å²) in [6.45, 7) is 0. The SMILES string of the molecule is COc1ccc(C(=O)Nc2ccccc2C(=O)NNC(=O)c2cc(-c3ccccc3)n[nH]2)cc1. The molecule has 1 heterocycles. The molecule has 0 bridgehead atoms. The summed E-state index contributed by atoms with van der Waals surface area (Å²) in [6.07, 6.45) is 0. The van der Waals surface area contributed by atoms with Crippen LogP contribution in [0.2, 0.25) is 0 Å². The van der Waals surface area contributed by atoms with Gasteiger partial charge >= 0.3 is 0 Å². The highest BCUT2D eigenvalue weighted by molar-refractivity contribution is 6.09. The predicted molar refractivity (Wildman–Crippen MR) is 126 cm³/mol. The van der Waals surface area contributed by atoms with E-state index in [0.717, 1.165) is 5.56 Å². The third-order valence-corrected chi connectivity index (χ3v) is 4.95. The second-order valence-corrected chi connectivity index (χ2v) is 7.17. The number of anilines is 1. The van der Waals surface area contributed by atoms with Crippen molar-refractivity contribution >= 4 is 23.4 Å². The minimum absolute atomic E-state index is 0.180. The molecule has 0 fully saturated rings. The Balaban J connectivity index is 1.40. The molecule has 4 aromatic rings. The summed E-state index contributed by atoms with van der Waals surface area (Å²) >= 11 is 0. The minimum atomic E-state index is -0.596. The molecule has 170 valence electrons. The van der Waals surface area contributed by atoms with E-state index in [1.54, 1.807) is 48.5 Å². The van der Waals surface area contributed by atoms with Gasteiger partial charge < -0.3 is 10.1 Å². The van der Waals surface area contributed by atoms with E-state index in [9.17, 15) is 14.4 Å². The molecule has 0 aliphatic heterocycles. The Bertz CT molecular complexity index is 1320. The number of carbonyl (C=O) groups is 3. The van der Waals surface area contributed by atoms with Gasteiger partial charge in [-0.2, -0.15) is 5.10 Å². The Morgan fingerprint density at radius 2 is 1.47 bits per heavy atom. The molecule has 0 spiro atoms. The summed E-state index contributed by atoms with van der Waals surface area (Å²) in [6, 6.07) is 24.0. The molecular formula is C25H21N5O4. The number of ether oxygens (including phenoxy) is 1. The van der Waals surface area contributed by atoms with Crippen LogP contribution < -0.4 is 20.9 Å². The first-order valence-corrected chi connectivity index (χ1v) is 10.3. The van der Waals surface area contributed by atoms with Crippen molar-refractivity contribution < 1.29 is 19.1 Å². The lowest BCUT2D eigenvalue weighted by Crippen LogP contribution is -2.42.